The summed E-state index contributed by atoms with van der Waals surface area (Å²) >= 11 is 0. The third-order valence-corrected chi connectivity index (χ3v) is 5.33. The van der Waals surface area contributed by atoms with Crippen molar-refractivity contribution in [3.63, 3.8) is 0 Å². The molecule has 1 N–H and O–H groups in total. The zero-order valence-electron chi connectivity index (χ0n) is 12.3. The van der Waals surface area contributed by atoms with Crippen molar-refractivity contribution in [3.05, 3.63) is 12.4 Å². The first-order valence-corrected chi connectivity index (χ1v) is 8.06. The minimum absolute atomic E-state index is 0.599. The molecule has 1 heterocycles. The molecule has 0 aromatic carbocycles. The number of unbranched alkanes of at least 4 members (excludes halogenated alkanes) is 1. The number of nitrogens with zero attached hydrogens (tertiary/aromatic N) is 2. The zero-order valence-corrected chi connectivity index (χ0v) is 12.3. The average molecular weight is 261 g/mol. The van der Waals surface area contributed by atoms with E-state index in [1.54, 1.807) is 0 Å². The summed E-state index contributed by atoms with van der Waals surface area (Å²) in [6.45, 7) is 5.65. The van der Waals surface area contributed by atoms with Crippen molar-refractivity contribution in [1.82, 2.24) is 9.55 Å². The van der Waals surface area contributed by atoms with E-state index in [-0.39, 0.29) is 0 Å². The molecule has 2 saturated carbocycles. The molecule has 4 atom stereocenters. The van der Waals surface area contributed by atoms with Gasteiger partial charge in [0.1, 0.15) is 0 Å². The van der Waals surface area contributed by atoms with E-state index >= 15 is 0 Å². The van der Waals surface area contributed by atoms with Crippen LogP contribution in [0.3, 0.4) is 0 Å². The van der Waals surface area contributed by atoms with Crippen molar-refractivity contribution < 1.29 is 0 Å². The topological polar surface area (TPSA) is 29.9 Å². The molecular formula is C16H27N3. The quantitative estimate of drug-likeness (QED) is 0.782. The van der Waals surface area contributed by atoms with E-state index in [1.165, 1.54) is 38.5 Å². The first-order valence-electron chi connectivity index (χ1n) is 8.06. The van der Waals surface area contributed by atoms with Gasteiger partial charge in [-0.1, -0.05) is 19.8 Å². The van der Waals surface area contributed by atoms with Crippen LogP contribution in [-0.4, -0.2) is 16.1 Å². The van der Waals surface area contributed by atoms with Gasteiger partial charge in [-0.05, 0) is 50.4 Å². The van der Waals surface area contributed by atoms with Crippen LogP contribution < -0.4 is 5.32 Å². The maximum atomic E-state index is 4.49. The van der Waals surface area contributed by atoms with Gasteiger partial charge in [0.05, 0.1) is 0 Å². The van der Waals surface area contributed by atoms with Crippen LogP contribution in [0.1, 0.15) is 58.4 Å². The monoisotopic (exact) mass is 261 g/mol. The fourth-order valence-corrected chi connectivity index (χ4v) is 4.25. The van der Waals surface area contributed by atoms with Crippen molar-refractivity contribution in [2.75, 3.05) is 11.9 Å². The van der Waals surface area contributed by atoms with Gasteiger partial charge in [0.15, 0.2) is 0 Å². The lowest BCUT2D eigenvalue weighted by atomic mass is 9.84. The van der Waals surface area contributed by atoms with Crippen molar-refractivity contribution in [2.24, 2.45) is 17.8 Å². The largest absolute Gasteiger partial charge is 0.356 e. The predicted octanol–water partition coefficient (Wildman–Crippen LogP) is 4.09. The molecular weight excluding hydrogens is 234 g/mol. The van der Waals surface area contributed by atoms with Crippen molar-refractivity contribution in [1.29, 1.82) is 0 Å². The van der Waals surface area contributed by atoms with Gasteiger partial charge in [0.2, 0.25) is 5.95 Å². The molecule has 2 aliphatic rings. The molecule has 0 radical (unpaired) electrons. The fourth-order valence-electron chi connectivity index (χ4n) is 4.25. The first-order chi connectivity index (χ1) is 9.29. The molecule has 0 saturated heterocycles. The number of anilines is 1. The fraction of sp³-hybridized carbons (Fsp3) is 0.812. The lowest BCUT2D eigenvalue weighted by molar-refractivity contribution is 0.244. The predicted molar refractivity (Wildman–Crippen MR) is 79.3 cm³/mol. The summed E-state index contributed by atoms with van der Waals surface area (Å²) in [6.07, 6.45) is 12.4. The van der Waals surface area contributed by atoms with Crippen molar-refractivity contribution in [3.8, 4) is 0 Å². The lowest BCUT2D eigenvalue weighted by Crippen LogP contribution is -2.23. The van der Waals surface area contributed by atoms with Gasteiger partial charge in [0, 0.05) is 25.0 Å². The maximum Gasteiger partial charge on any atom is 0.203 e. The molecule has 2 bridgehead atoms. The lowest BCUT2D eigenvalue weighted by Gasteiger charge is -2.29. The number of imidazole rings is 1. The van der Waals surface area contributed by atoms with Crippen LogP contribution in [0.5, 0.6) is 0 Å². The highest BCUT2D eigenvalue weighted by atomic mass is 15.2. The molecule has 4 unspecified atom stereocenters. The Bertz CT molecular complexity index is 412. The summed E-state index contributed by atoms with van der Waals surface area (Å²) < 4.78 is 2.38. The smallest absolute Gasteiger partial charge is 0.203 e. The normalized spacial score (nSPS) is 30.7. The third kappa shape index (κ3) is 2.52. The van der Waals surface area contributed by atoms with E-state index < -0.39 is 0 Å². The second-order valence-electron chi connectivity index (χ2n) is 6.52. The van der Waals surface area contributed by atoms with Crippen molar-refractivity contribution in [2.45, 2.75) is 58.4 Å². The molecule has 0 aliphatic heterocycles. The Kier molecular flexibility index (Phi) is 3.81. The molecule has 106 valence electrons. The molecule has 1 aromatic heterocycles. The second kappa shape index (κ2) is 5.56. The van der Waals surface area contributed by atoms with Crippen molar-refractivity contribution >= 4 is 5.95 Å². The second-order valence-corrected chi connectivity index (χ2v) is 6.52. The first kappa shape index (κ1) is 13.0. The number of hydrogen-bond donors (Lipinski definition) is 1. The molecule has 0 amide bonds. The Morgan fingerprint density at radius 1 is 1.42 bits per heavy atom. The molecule has 3 nitrogen and oxygen atoms in total. The Morgan fingerprint density at radius 3 is 3.00 bits per heavy atom. The van der Waals surface area contributed by atoms with Gasteiger partial charge in [-0.3, -0.25) is 0 Å². The number of hydrogen-bond acceptors (Lipinski definition) is 2. The van der Waals surface area contributed by atoms with Gasteiger partial charge < -0.3 is 9.88 Å². The average Bonchev–Trinajstić information content (AvgIpc) is 3.14. The van der Waals surface area contributed by atoms with Crippen LogP contribution in [0, 0.1) is 17.8 Å². The standard InChI is InChI=1S/C16H27N3/c1-3-4-7-17-16-18-8-9-19(16)12(2)15-11-13-5-6-14(15)10-13/h8-9,12-15H,3-7,10-11H2,1-2H3,(H,17,18). The van der Waals surface area contributed by atoms with Crippen LogP contribution >= 0.6 is 0 Å². The Balaban J connectivity index is 1.66. The number of rotatable bonds is 6. The highest BCUT2D eigenvalue weighted by Crippen LogP contribution is 2.52. The zero-order chi connectivity index (χ0) is 13.2. The van der Waals surface area contributed by atoms with Crippen LogP contribution in [0.4, 0.5) is 5.95 Å². The maximum absolute atomic E-state index is 4.49. The molecule has 2 fully saturated rings. The summed E-state index contributed by atoms with van der Waals surface area (Å²) in [7, 11) is 0. The minimum Gasteiger partial charge on any atom is -0.356 e. The van der Waals surface area contributed by atoms with E-state index in [9.17, 15) is 0 Å². The Morgan fingerprint density at radius 2 is 2.32 bits per heavy atom. The van der Waals surface area contributed by atoms with Gasteiger partial charge in [-0.2, -0.15) is 0 Å². The molecule has 3 rings (SSSR count). The van der Waals surface area contributed by atoms with Gasteiger partial charge in [-0.25, -0.2) is 4.98 Å². The molecule has 3 heteroatoms. The molecule has 1 aromatic rings. The number of aromatic nitrogens is 2. The Hall–Kier alpha value is -0.990. The minimum atomic E-state index is 0.599. The highest BCUT2D eigenvalue weighted by Gasteiger charge is 2.42. The van der Waals surface area contributed by atoms with Gasteiger partial charge >= 0.3 is 0 Å². The number of nitrogens with one attached hydrogen (secondary N) is 1. The summed E-state index contributed by atoms with van der Waals surface area (Å²) in [5, 5.41) is 3.49. The molecule has 19 heavy (non-hydrogen) atoms. The summed E-state index contributed by atoms with van der Waals surface area (Å²) in [4.78, 5) is 4.49. The van der Waals surface area contributed by atoms with E-state index in [0.29, 0.717) is 6.04 Å². The van der Waals surface area contributed by atoms with Crippen LogP contribution in [0.2, 0.25) is 0 Å². The third-order valence-electron chi connectivity index (χ3n) is 5.33. The highest BCUT2D eigenvalue weighted by molar-refractivity contribution is 5.26. The van der Waals surface area contributed by atoms with E-state index in [4.69, 9.17) is 0 Å². The van der Waals surface area contributed by atoms with Crippen LogP contribution in [0.15, 0.2) is 12.4 Å². The summed E-state index contributed by atoms with van der Waals surface area (Å²) in [5.74, 6) is 3.95. The van der Waals surface area contributed by atoms with E-state index in [2.05, 4.69) is 34.9 Å². The van der Waals surface area contributed by atoms with Crippen LogP contribution in [-0.2, 0) is 0 Å². The van der Waals surface area contributed by atoms with E-state index in [0.717, 1.165) is 30.2 Å². The van der Waals surface area contributed by atoms with Crippen LogP contribution in [0.25, 0.3) is 0 Å². The summed E-state index contributed by atoms with van der Waals surface area (Å²) in [6, 6.07) is 0.599. The van der Waals surface area contributed by atoms with Gasteiger partial charge in [0.25, 0.3) is 0 Å². The molecule has 0 spiro atoms. The molecule has 2 aliphatic carbocycles. The van der Waals surface area contributed by atoms with E-state index in [1.807, 2.05) is 6.20 Å². The van der Waals surface area contributed by atoms with Gasteiger partial charge in [-0.15, -0.1) is 0 Å². The summed E-state index contributed by atoms with van der Waals surface area (Å²) in [5.41, 5.74) is 0. The number of fused-ring (bicyclic) bond motifs is 2. The SMILES string of the molecule is CCCCNc1nccn1C(C)C1CC2CCC1C2. The Labute approximate surface area is 116 Å².